The molecule has 3 rings (SSSR count). The summed E-state index contributed by atoms with van der Waals surface area (Å²) in [6, 6.07) is 0. The van der Waals surface area contributed by atoms with Crippen molar-refractivity contribution in [3.8, 4) is 0 Å². The molecule has 0 saturated carbocycles. The number of nitrogens with zero attached hydrogens (tertiary/aromatic N) is 3. The largest absolute Gasteiger partial charge is 0.477 e. The zero-order valence-electron chi connectivity index (χ0n) is 19.0. The summed E-state index contributed by atoms with van der Waals surface area (Å²) in [7, 11) is 0. The first kappa shape index (κ1) is 26.2. The molecule has 2 atom stereocenters. The molecular formula is C20H23N5O8S2. The highest BCUT2D eigenvalue weighted by Gasteiger charge is 2.49. The van der Waals surface area contributed by atoms with E-state index >= 15 is 0 Å². The molecule has 0 spiro atoms. The standard InChI is InChI=1S/C20H23N5O8S2/c1-8(2)33-24-15(11-7-34-20(21)22-11)17(29)23-18-10(6-32-14(28)4-9(3)26)16(19(30)31)25-12(27)5-13(25)35-18/h7-8,13,18H,4-6H2,1-3H3,(H2,21,22)(H,23,29)(H,30,31)/t13-,18?/m0/s1. The van der Waals surface area contributed by atoms with Gasteiger partial charge < -0.3 is 25.7 Å². The Morgan fingerprint density at radius 3 is 2.63 bits per heavy atom. The van der Waals surface area contributed by atoms with Crippen molar-refractivity contribution in [3.63, 3.8) is 0 Å². The van der Waals surface area contributed by atoms with E-state index in [9.17, 15) is 29.1 Å². The maximum atomic E-state index is 13.2. The fourth-order valence-corrected chi connectivity index (χ4v) is 5.11. The van der Waals surface area contributed by atoms with Crippen LogP contribution in [0.4, 0.5) is 5.13 Å². The molecule has 2 aliphatic heterocycles. The number of fused-ring (bicyclic) bond motifs is 1. The second kappa shape index (κ2) is 10.9. The second-order valence-corrected chi connectivity index (χ2v) is 9.97. The molecule has 0 radical (unpaired) electrons. The third-order valence-electron chi connectivity index (χ3n) is 4.64. The van der Waals surface area contributed by atoms with Gasteiger partial charge in [-0.05, 0) is 20.8 Å². The zero-order valence-corrected chi connectivity index (χ0v) is 20.6. The number of anilines is 1. The van der Waals surface area contributed by atoms with E-state index in [1.807, 2.05) is 0 Å². The number of nitrogens with one attached hydrogen (secondary N) is 1. The van der Waals surface area contributed by atoms with Crippen LogP contribution in [-0.4, -0.2) is 73.7 Å². The number of ether oxygens (including phenoxy) is 1. The Bertz CT molecular complexity index is 1130. The lowest BCUT2D eigenvalue weighted by atomic mass is 10.1. The van der Waals surface area contributed by atoms with Crippen molar-refractivity contribution in [2.45, 2.75) is 50.5 Å². The Balaban J connectivity index is 1.92. The number of carbonyl (C=O) groups is 5. The lowest BCUT2D eigenvalue weighted by Crippen LogP contribution is -2.58. The number of aliphatic carboxylic acids is 1. The molecule has 2 amide bonds. The smallest absolute Gasteiger partial charge is 0.352 e. The van der Waals surface area contributed by atoms with Gasteiger partial charge in [0.15, 0.2) is 10.8 Å². The predicted octanol–water partition coefficient (Wildman–Crippen LogP) is 0.463. The number of hydrogen-bond donors (Lipinski definition) is 3. The highest BCUT2D eigenvalue weighted by molar-refractivity contribution is 8.00. The second-order valence-electron chi connectivity index (χ2n) is 7.80. The number of nitrogens with two attached hydrogens (primary N) is 1. The molecule has 1 saturated heterocycles. The lowest BCUT2D eigenvalue weighted by molar-refractivity contribution is -0.147. The number of amides is 2. The summed E-state index contributed by atoms with van der Waals surface area (Å²) in [5.41, 5.74) is 5.23. The van der Waals surface area contributed by atoms with Crippen LogP contribution in [0.25, 0.3) is 0 Å². The van der Waals surface area contributed by atoms with Gasteiger partial charge in [0.05, 0.1) is 11.8 Å². The third kappa shape index (κ3) is 6.16. The summed E-state index contributed by atoms with van der Waals surface area (Å²) < 4.78 is 5.09. The van der Waals surface area contributed by atoms with Crippen LogP contribution in [0.5, 0.6) is 0 Å². The molecule has 0 aliphatic carbocycles. The zero-order chi connectivity index (χ0) is 25.9. The SMILES string of the molecule is CC(=O)CC(=O)OCC1=C(C(=O)O)N2C(=O)C[C@@H]2SC1NC(=O)C(=NOC(C)C)c1csc(N)n1. The van der Waals surface area contributed by atoms with Gasteiger partial charge in [0.2, 0.25) is 5.91 Å². The van der Waals surface area contributed by atoms with Crippen LogP contribution in [0, 0.1) is 0 Å². The van der Waals surface area contributed by atoms with Crippen LogP contribution >= 0.6 is 23.1 Å². The van der Waals surface area contributed by atoms with E-state index in [2.05, 4.69) is 15.5 Å². The summed E-state index contributed by atoms with van der Waals surface area (Å²) in [6.07, 6.45) is -0.771. The molecule has 13 nitrogen and oxygen atoms in total. The quantitative estimate of drug-likeness (QED) is 0.126. The topological polar surface area (TPSA) is 191 Å². The fourth-order valence-electron chi connectivity index (χ4n) is 3.15. The number of thiazole rings is 1. The average molecular weight is 526 g/mol. The minimum atomic E-state index is -1.43. The van der Waals surface area contributed by atoms with Gasteiger partial charge in [-0.3, -0.25) is 24.1 Å². The Kier molecular flexibility index (Phi) is 8.11. The maximum Gasteiger partial charge on any atom is 0.352 e. The molecule has 1 fully saturated rings. The van der Waals surface area contributed by atoms with Gasteiger partial charge in [-0.2, -0.15) is 0 Å². The van der Waals surface area contributed by atoms with Crippen LogP contribution in [-0.2, 0) is 33.5 Å². The molecular weight excluding hydrogens is 502 g/mol. The predicted molar refractivity (Wildman–Crippen MR) is 125 cm³/mol. The number of nitrogen functional groups attached to an aromatic ring is 1. The number of hydrogen-bond acceptors (Lipinski definition) is 12. The molecule has 188 valence electrons. The van der Waals surface area contributed by atoms with Crippen molar-refractivity contribution in [1.82, 2.24) is 15.2 Å². The Morgan fingerprint density at radius 1 is 1.37 bits per heavy atom. The molecule has 0 bridgehead atoms. The number of carboxylic acid groups (broad SMARTS) is 1. The minimum Gasteiger partial charge on any atom is -0.477 e. The number of rotatable bonds is 10. The molecule has 1 unspecified atom stereocenters. The van der Waals surface area contributed by atoms with Crippen molar-refractivity contribution in [2.24, 2.45) is 5.16 Å². The van der Waals surface area contributed by atoms with E-state index in [4.69, 9.17) is 15.3 Å². The van der Waals surface area contributed by atoms with Crippen LogP contribution < -0.4 is 11.1 Å². The summed E-state index contributed by atoms with van der Waals surface area (Å²) in [5.74, 6) is -3.89. The lowest BCUT2D eigenvalue weighted by Gasteiger charge is -2.46. The summed E-state index contributed by atoms with van der Waals surface area (Å²) in [4.78, 5) is 70.8. The van der Waals surface area contributed by atoms with Gasteiger partial charge >= 0.3 is 11.9 Å². The first-order chi connectivity index (χ1) is 16.5. The normalized spacial score (nSPS) is 19.7. The molecule has 35 heavy (non-hydrogen) atoms. The van der Waals surface area contributed by atoms with Crippen molar-refractivity contribution in [1.29, 1.82) is 0 Å². The van der Waals surface area contributed by atoms with Crippen molar-refractivity contribution in [2.75, 3.05) is 12.3 Å². The number of β-lactam (4-membered cyclic amide) rings is 1. The Hall–Kier alpha value is -3.46. The number of oxime groups is 1. The van der Waals surface area contributed by atoms with Gasteiger partial charge in [-0.25, -0.2) is 9.78 Å². The monoisotopic (exact) mass is 525 g/mol. The van der Waals surface area contributed by atoms with Crippen LogP contribution in [0.2, 0.25) is 0 Å². The van der Waals surface area contributed by atoms with E-state index < -0.39 is 53.3 Å². The van der Waals surface area contributed by atoms with E-state index in [1.165, 1.54) is 12.3 Å². The maximum absolute atomic E-state index is 13.2. The van der Waals surface area contributed by atoms with Gasteiger partial charge in [0.1, 0.15) is 41.7 Å². The first-order valence-electron chi connectivity index (χ1n) is 10.3. The number of esters is 1. The third-order valence-corrected chi connectivity index (χ3v) is 6.68. The van der Waals surface area contributed by atoms with Gasteiger partial charge in [-0.15, -0.1) is 23.1 Å². The molecule has 0 aromatic carbocycles. The number of aromatic nitrogens is 1. The van der Waals surface area contributed by atoms with Gasteiger partial charge in [0.25, 0.3) is 5.91 Å². The molecule has 4 N–H and O–H groups in total. The van der Waals surface area contributed by atoms with E-state index in [1.54, 1.807) is 13.8 Å². The van der Waals surface area contributed by atoms with E-state index in [0.29, 0.717) is 0 Å². The van der Waals surface area contributed by atoms with Crippen molar-refractivity contribution >= 4 is 63.5 Å². The van der Waals surface area contributed by atoms with Crippen LogP contribution in [0.1, 0.15) is 39.3 Å². The molecule has 2 aliphatic rings. The average Bonchev–Trinajstić information content (AvgIpc) is 3.17. The highest BCUT2D eigenvalue weighted by atomic mass is 32.2. The van der Waals surface area contributed by atoms with Crippen LogP contribution in [0.15, 0.2) is 21.8 Å². The molecule has 15 heteroatoms. The van der Waals surface area contributed by atoms with Gasteiger partial charge in [-0.1, -0.05) is 5.16 Å². The number of carbonyl (C=O) groups excluding carboxylic acids is 4. The van der Waals surface area contributed by atoms with E-state index in [0.717, 1.165) is 28.0 Å². The number of ketones is 1. The minimum absolute atomic E-state index is 0.0287. The number of Topliss-reactive ketones (excluding diaryl/α,β-unsaturated/α-hetero) is 1. The van der Waals surface area contributed by atoms with Crippen molar-refractivity contribution < 1.29 is 38.7 Å². The fraction of sp³-hybridized carbons (Fsp3) is 0.450. The highest BCUT2D eigenvalue weighted by Crippen LogP contribution is 2.43. The van der Waals surface area contributed by atoms with Crippen LogP contribution in [0.3, 0.4) is 0 Å². The number of thioether (sulfide) groups is 1. The molecule has 3 heterocycles. The van der Waals surface area contributed by atoms with Gasteiger partial charge in [0, 0.05) is 11.0 Å². The number of carboxylic acids is 1. The Morgan fingerprint density at radius 2 is 2.09 bits per heavy atom. The molecule has 1 aromatic rings. The first-order valence-corrected chi connectivity index (χ1v) is 12.1. The van der Waals surface area contributed by atoms with E-state index in [-0.39, 0.29) is 40.3 Å². The summed E-state index contributed by atoms with van der Waals surface area (Å²) in [5, 5.41) is 16.6. The van der Waals surface area contributed by atoms with Crippen molar-refractivity contribution in [3.05, 3.63) is 22.3 Å². The molecule has 1 aromatic heterocycles. The summed E-state index contributed by atoms with van der Waals surface area (Å²) >= 11 is 2.20. The summed E-state index contributed by atoms with van der Waals surface area (Å²) in [6.45, 7) is 4.07. The Labute approximate surface area is 207 Å².